The minimum absolute atomic E-state index is 0.0822. The molecule has 0 aromatic rings. The van der Waals surface area contributed by atoms with E-state index in [-0.39, 0.29) is 24.7 Å². The molecule has 15 heteroatoms. The van der Waals surface area contributed by atoms with Crippen LogP contribution in [0.15, 0.2) is 4.99 Å². The fraction of sp³-hybridized carbons (Fsp3) is 0.667. The molecular formula is C18H33N7O7S. The number of nitrogens with one attached hydrogen (secondary N) is 3. The summed E-state index contributed by atoms with van der Waals surface area (Å²) in [6.07, 6.45) is -0.155. The molecular weight excluding hydrogens is 458 g/mol. The van der Waals surface area contributed by atoms with Gasteiger partial charge in [0.2, 0.25) is 17.7 Å². The van der Waals surface area contributed by atoms with Crippen LogP contribution in [0.1, 0.15) is 33.1 Å². The minimum Gasteiger partial charge on any atom is -0.481 e. The number of amides is 3. The molecule has 0 aromatic carbocycles. The first-order chi connectivity index (χ1) is 15.3. The fourth-order valence-electron chi connectivity index (χ4n) is 2.55. The van der Waals surface area contributed by atoms with Crippen molar-refractivity contribution in [2.75, 3.05) is 12.3 Å². The summed E-state index contributed by atoms with van der Waals surface area (Å²) in [5.41, 5.74) is 16.2. The van der Waals surface area contributed by atoms with Gasteiger partial charge in [-0.25, -0.2) is 4.79 Å². The summed E-state index contributed by atoms with van der Waals surface area (Å²) in [4.78, 5) is 63.2. The molecule has 0 aliphatic rings. The van der Waals surface area contributed by atoms with Crippen LogP contribution in [-0.4, -0.2) is 82.3 Å². The van der Waals surface area contributed by atoms with Crippen LogP contribution in [0, 0.1) is 5.92 Å². The largest absolute Gasteiger partial charge is 0.481 e. The van der Waals surface area contributed by atoms with E-state index in [1.807, 2.05) is 0 Å². The molecule has 4 atom stereocenters. The molecule has 0 heterocycles. The molecule has 0 fully saturated rings. The lowest BCUT2D eigenvalue weighted by molar-refractivity contribution is -0.147. The third-order valence-corrected chi connectivity index (χ3v) is 4.73. The summed E-state index contributed by atoms with van der Waals surface area (Å²) in [6.45, 7) is 3.47. The van der Waals surface area contributed by atoms with E-state index in [1.54, 1.807) is 13.8 Å². The zero-order valence-corrected chi connectivity index (χ0v) is 19.4. The minimum atomic E-state index is -1.68. The third kappa shape index (κ3) is 11.9. The van der Waals surface area contributed by atoms with Gasteiger partial charge in [-0.05, 0) is 18.8 Å². The number of guanidine groups is 1. The maximum absolute atomic E-state index is 12.6. The number of carboxylic acids is 2. The first-order valence-corrected chi connectivity index (χ1v) is 10.7. The van der Waals surface area contributed by atoms with Crippen LogP contribution in [0.5, 0.6) is 0 Å². The molecule has 0 bridgehead atoms. The van der Waals surface area contributed by atoms with Gasteiger partial charge in [0.25, 0.3) is 0 Å². The maximum Gasteiger partial charge on any atom is 0.326 e. The summed E-state index contributed by atoms with van der Waals surface area (Å²) >= 11 is 4.05. The van der Waals surface area contributed by atoms with E-state index in [1.165, 1.54) is 0 Å². The van der Waals surface area contributed by atoms with Crippen molar-refractivity contribution in [1.82, 2.24) is 16.0 Å². The standard InChI is InChI=1S/C18H33N7O7S/c1-8(2)13(16(30)23-10(17(31)32)6-12(26)27)25-15(29)11(7-33)24-14(28)9(19)4-3-5-22-18(20)21/h8-11,13,33H,3-7,19H2,1-2H3,(H,23,30)(H,24,28)(H,25,29)(H,26,27)(H,31,32)(H4,20,21,22). The molecule has 33 heavy (non-hydrogen) atoms. The smallest absolute Gasteiger partial charge is 0.326 e. The second-order valence-corrected chi connectivity index (χ2v) is 7.89. The van der Waals surface area contributed by atoms with Crippen molar-refractivity contribution in [3.8, 4) is 0 Å². The summed E-state index contributed by atoms with van der Waals surface area (Å²) in [7, 11) is 0. The van der Waals surface area contributed by atoms with Crippen LogP contribution in [-0.2, 0) is 24.0 Å². The van der Waals surface area contributed by atoms with Gasteiger partial charge in [-0.1, -0.05) is 13.8 Å². The molecule has 14 nitrogen and oxygen atoms in total. The van der Waals surface area contributed by atoms with Crippen LogP contribution in [0.25, 0.3) is 0 Å². The average molecular weight is 492 g/mol. The number of nitrogens with two attached hydrogens (primary N) is 3. The SMILES string of the molecule is CC(C)C(NC(=O)C(CS)NC(=O)C(N)CCCN=C(N)N)C(=O)NC(CC(=O)O)C(=O)O. The van der Waals surface area contributed by atoms with Crippen molar-refractivity contribution < 1.29 is 34.2 Å². The molecule has 4 unspecified atom stereocenters. The number of rotatable bonds is 15. The van der Waals surface area contributed by atoms with Gasteiger partial charge < -0.3 is 43.4 Å². The predicted molar refractivity (Wildman–Crippen MR) is 122 cm³/mol. The molecule has 0 spiro atoms. The lowest BCUT2D eigenvalue weighted by atomic mass is 10.0. The quantitative estimate of drug-likeness (QED) is 0.0484. The van der Waals surface area contributed by atoms with Gasteiger partial charge in [0.05, 0.1) is 12.5 Å². The molecule has 3 amide bonds. The number of hydrogen-bond acceptors (Lipinski definition) is 8. The van der Waals surface area contributed by atoms with Gasteiger partial charge in [-0.3, -0.25) is 24.2 Å². The van der Waals surface area contributed by atoms with Crippen LogP contribution in [0.2, 0.25) is 0 Å². The molecule has 0 rings (SSSR count). The fourth-order valence-corrected chi connectivity index (χ4v) is 2.81. The zero-order chi connectivity index (χ0) is 25.7. The number of hydrogen-bond donors (Lipinski definition) is 9. The second-order valence-electron chi connectivity index (χ2n) is 7.53. The molecule has 0 aromatic heterocycles. The lowest BCUT2D eigenvalue weighted by Gasteiger charge is -2.26. The predicted octanol–water partition coefficient (Wildman–Crippen LogP) is -3.03. The Balaban J connectivity index is 5.07. The topological polar surface area (TPSA) is 252 Å². The lowest BCUT2D eigenvalue weighted by Crippen LogP contribution is -2.59. The van der Waals surface area contributed by atoms with Gasteiger partial charge >= 0.3 is 11.9 Å². The van der Waals surface area contributed by atoms with E-state index in [2.05, 4.69) is 33.6 Å². The van der Waals surface area contributed by atoms with E-state index in [4.69, 9.17) is 27.4 Å². The van der Waals surface area contributed by atoms with Crippen LogP contribution >= 0.6 is 12.6 Å². The maximum atomic E-state index is 12.6. The van der Waals surface area contributed by atoms with E-state index >= 15 is 0 Å². The number of thiol groups is 1. The number of carbonyl (C=O) groups is 5. The van der Waals surface area contributed by atoms with Gasteiger partial charge in [0, 0.05) is 12.3 Å². The Morgan fingerprint density at radius 2 is 1.52 bits per heavy atom. The molecule has 11 N–H and O–H groups in total. The van der Waals surface area contributed by atoms with E-state index in [0.717, 1.165) is 0 Å². The first-order valence-electron chi connectivity index (χ1n) is 10.1. The van der Waals surface area contributed by atoms with Gasteiger partial charge in [-0.2, -0.15) is 12.6 Å². The molecule has 188 valence electrons. The highest BCUT2D eigenvalue weighted by molar-refractivity contribution is 7.80. The van der Waals surface area contributed by atoms with Crippen LogP contribution < -0.4 is 33.2 Å². The average Bonchev–Trinajstić information content (AvgIpc) is 2.71. The molecule has 0 saturated heterocycles. The normalized spacial score (nSPS) is 14.3. The van der Waals surface area contributed by atoms with E-state index < -0.39 is 66.2 Å². The highest BCUT2D eigenvalue weighted by Gasteiger charge is 2.32. The van der Waals surface area contributed by atoms with Crippen molar-refractivity contribution in [2.24, 2.45) is 28.1 Å². The van der Waals surface area contributed by atoms with Crippen molar-refractivity contribution >= 4 is 48.2 Å². The summed E-state index contributed by atoms with van der Waals surface area (Å²) in [5, 5.41) is 24.9. The van der Waals surface area contributed by atoms with Crippen molar-refractivity contribution in [3.63, 3.8) is 0 Å². The number of aliphatic imine (C=N–C) groups is 1. The highest BCUT2D eigenvalue weighted by atomic mass is 32.1. The van der Waals surface area contributed by atoms with Crippen molar-refractivity contribution in [2.45, 2.75) is 57.3 Å². The Hall–Kier alpha value is -3.07. The second kappa shape index (κ2) is 14.9. The Bertz CT molecular complexity index is 744. The number of carbonyl (C=O) groups excluding carboxylic acids is 3. The van der Waals surface area contributed by atoms with Crippen LogP contribution in [0.4, 0.5) is 0 Å². The Kier molecular flexibility index (Phi) is 13.5. The van der Waals surface area contributed by atoms with Crippen molar-refractivity contribution in [1.29, 1.82) is 0 Å². The molecule has 0 aliphatic heterocycles. The monoisotopic (exact) mass is 491 g/mol. The van der Waals surface area contributed by atoms with Gasteiger partial charge in [0.15, 0.2) is 5.96 Å². The number of aliphatic carboxylic acids is 2. The highest BCUT2D eigenvalue weighted by Crippen LogP contribution is 2.05. The number of carboxylic acid groups (broad SMARTS) is 2. The summed E-state index contributed by atoms with van der Waals surface area (Å²) < 4.78 is 0. The zero-order valence-electron chi connectivity index (χ0n) is 18.5. The molecule has 0 saturated carbocycles. The van der Waals surface area contributed by atoms with Crippen LogP contribution in [0.3, 0.4) is 0 Å². The van der Waals surface area contributed by atoms with Gasteiger partial charge in [-0.15, -0.1) is 0 Å². The first kappa shape index (κ1) is 29.9. The summed E-state index contributed by atoms with van der Waals surface area (Å²) in [6, 6.07) is -4.94. The van der Waals surface area contributed by atoms with E-state index in [9.17, 15) is 24.0 Å². The molecule has 0 aliphatic carbocycles. The van der Waals surface area contributed by atoms with Gasteiger partial charge in [0.1, 0.15) is 18.1 Å². The Morgan fingerprint density at radius 3 is 1.97 bits per heavy atom. The Labute approximate surface area is 196 Å². The Morgan fingerprint density at radius 1 is 0.939 bits per heavy atom. The third-order valence-electron chi connectivity index (χ3n) is 4.36. The number of nitrogens with zero attached hydrogens (tertiary/aromatic N) is 1. The molecule has 0 radical (unpaired) electrons. The van der Waals surface area contributed by atoms with Crippen molar-refractivity contribution in [3.05, 3.63) is 0 Å². The van der Waals surface area contributed by atoms with E-state index in [0.29, 0.717) is 6.42 Å². The summed E-state index contributed by atoms with van der Waals surface area (Å²) in [5.74, 6) is -5.87.